The highest BCUT2D eigenvalue weighted by molar-refractivity contribution is 5.43. The van der Waals surface area contributed by atoms with Crippen molar-refractivity contribution in [1.82, 2.24) is 0 Å². The molecule has 1 aromatic rings. The number of hydrogen-bond donors (Lipinski definition) is 1. The van der Waals surface area contributed by atoms with Gasteiger partial charge in [-0.15, -0.1) is 0 Å². The Kier molecular flexibility index (Phi) is 4.36. The lowest BCUT2D eigenvalue weighted by atomic mass is 9.90. The second-order valence-electron chi connectivity index (χ2n) is 6.11. The van der Waals surface area contributed by atoms with Gasteiger partial charge in [0, 0.05) is 12.8 Å². The van der Waals surface area contributed by atoms with Crippen LogP contribution in [0.5, 0.6) is 11.5 Å². The molecule has 1 atom stereocenters. The maximum atomic E-state index is 9.28. The normalized spacial score (nSPS) is 24.2. The predicted molar refractivity (Wildman–Crippen MR) is 79.7 cm³/mol. The Hall–Kier alpha value is -1.26. The van der Waals surface area contributed by atoms with Crippen LogP contribution in [0.4, 0.5) is 0 Å². The highest BCUT2D eigenvalue weighted by Crippen LogP contribution is 2.41. The first-order valence-electron chi connectivity index (χ1n) is 7.83. The van der Waals surface area contributed by atoms with E-state index in [-0.39, 0.29) is 18.3 Å². The van der Waals surface area contributed by atoms with E-state index < -0.39 is 0 Å². The van der Waals surface area contributed by atoms with Crippen molar-refractivity contribution < 1.29 is 19.3 Å². The molecule has 2 fully saturated rings. The largest absolute Gasteiger partial charge is 0.493 e. The maximum absolute atomic E-state index is 9.28. The first-order chi connectivity index (χ1) is 10.2. The lowest BCUT2D eigenvalue weighted by molar-refractivity contribution is -0.108. The highest BCUT2D eigenvalue weighted by atomic mass is 16.5. The van der Waals surface area contributed by atoms with E-state index in [0.717, 1.165) is 49.4 Å². The van der Waals surface area contributed by atoms with Gasteiger partial charge in [0.15, 0.2) is 11.5 Å². The summed E-state index contributed by atoms with van der Waals surface area (Å²) < 4.78 is 17.6. The van der Waals surface area contributed by atoms with Gasteiger partial charge in [0.1, 0.15) is 6.10 Å². The average molecular weight is 292 g/mol. The summed E-state index contributed by atoms with van der Waals surface area (Å²) in [7, 11) is 1.64. The summed E-state index contributed by atoms with van der Waals surface area (Å²) in [5.41, 5.74) is 0.888. The van der Waals surface area contributed by atoms with E-state index in [1.165, 1.54) is 12.8 Å². The van der Waals surface area contributed by atoms with Crippen molar-refractivity contribution in [3.8, 4) is 11.5 Å². The molecule has 21 heavy (non-hydrogen) atoms. The smallest absolute Gasteiger partial charge is 0.161 e. The number of rotatable bonds is 4. The molecule has 1 aliphatic heterocycles. The molecule has 1 saturated carbocycles. The van der Waals surface area contributed by atoms with Crippen LogP contribution in [0.1, 0.15) is 44.1 Å². The third-order valence-corrected chi connectivity index (χ3v) is 4.67. The topological polar surface area (TPSA) is 47.9 Å². The minimum absolute atomic E-state index is 0.0120. The molecule has 0 amide bonds. The Morgan fingerprint density at radius 2 is 2.10 bits per heavy atom. The fourth-order valence-electron chi connectivity index (χ4n) is 3.54. The fourth-order valence-corrected chi connectivity index (χ4v) is 3.54. The Bertz CT molecular complexity index is 480. The molecule has 1 N–H and O–H groups in total. The van der Waals surface area contributed by atoms with Gasteiger partial charge in [-0.3, -0.25) is 0 Å². The standard InChI is InChI=1S/C17H24O4/c1-19-15-5-4-13(12-18)10-16(15)21-14-6-9-20-17(11-14)7-2-3-8-17/h4-5,10,14,18H,2-3,6-9,11-12H2,1H3. The van der Waals surface area contributed by atoms with Crippen molar-refractivity contribution in [3.63, 3.8) is 0 Å². The van der Waals surface area contributed by atoms with Crippen LogP contribution < -0.4 is 9.47 Å². The molecule has 1 saturated heterocycles. The zero-order valence-corrected chi connectivity index (χ0v) is 12.6. The van der Waals surface area contributed by atoms with Gasteiger partial charge >= 0.3 is 0 Å². The SMILES string of the molecule is COc1ccc(CO)cc1OC1CCOC2(CCCC2)C1. The van der Waals surface area contributed by atoms with Crippen LogP contribution in [0.25, 0.3) is 0 Å². The molecule has 2 aliphatic rings. The van der Waals surface area contributed by atoms with Crippen LogP contribution in [0.15, 0.2) is 18.2 Å². The van der Waals surface area contributed by atoms with Crippen LogP contribution in [0, 0.1) is 0 Å². The van der Waals surface area contributed by atoms with Crippen LogP contribution in [-0.4, -0.2) is 30.5 Å². The molecule has 1 spiro atoms. The van der Waals surface area contributed by atoms with Gasteiger partial charge in [-0.1, -0.05) is 18.9 Å². The quantitative estimate of drug-likeness (QED) is 0.926. The monoisotopic (exact) mass is 292 g/mol. The van der Waals surface area contributed by atoms with Crippen molar-refractivity contribution >= 4 is 0 Å². The number of benzene rings is 1. The molecule has 4 nitrogen and oxygen atoms in total. The van der Waals surface area contributed by atoms with Crippen molar-refractivity contribution in [2.75, 3.05) is 13.7 Å². The van der Waals surface area contributed by atoms with Crippen LogP contribution in [0.3, 0.4) is 0 Å². The lowest BCUT2D eigenvalue weighted by Gasteiger charge is -2.38. The van der Waals surface area contributed by atoms with E-state index >= 15 is 0 Å². The fraction of sp³-hybridized carbons (Fsp3) is 0.647. The summed E-state index contributed by atoms with van der Waals surface area (Å²) in [4.78, 5) is 0. The van der Waals surface area contributed by atoms with Gasteiger partial charge in [-0.25, -0.2) is 0 Å². The molecule has 1 heterocycles. The van der Waals surface area contributed by atoms with E-state index in [1.54, 1.807) is 7.11 Å². The molecule has 4 heteroatoms. The number of methoxy groups -OCH3 is 1. The molecular formula is C17H24O4. The molecule has 116 valence electrons. The minimum atomic E-state index is 0.0120. The first kappa shape index (κ1) is 14.7. The predicted octanol–water partition coefficient (Wildman–Crippen LogP) is 3.06. The zero-order chi connectivity index (χ0) is 14.7. The number of ether oxygens (including phenoxy) is 3. The van der Waals surface area contributed by atoms with E-state index in [4.69, 9.17) is 14.2 Å². The van der Waals surface area contributed by atoms with Crippen molar-refractivity contribution in [1.29, 1.82) is 0 Å². The molecular weight excluding hydrogens is 268 g/mol. The second kappa shape index (κ2) is 6.24. The minimum Gasteiger partial charge on any atom is -0.493 e. The Labute approximate surface area is 126 Å². The van der Waals surface area contributed by atoms with Crippen LogP contribution >= 0.6 is 0 Å². The summed E-state index contributed by atoms with van der Waals surface area (Å²) in [5, 5.41) is 9.28. The van der Waals surface area contributed by atoms with E-state index in [0.29, 0.717) is 0 Å². The van der Waals surface area contributed by atoms with E-state index in [2.05, 4.69) is 0 Å². The maximum Gasteiger partial charge on any atom is 0.161 e. The third kappa shape index (κ3) is 3.16. The van der Waals surface area contributed by atoms with Gasteiger partial charge in [-0.05, 0) is 30.5 Å². The summed E-state index contributed by atoms with van der Waals surface area (Å²) in [6.45, 7) is 0.782. The Morgan fingerprint density at radius 3 is 2.81 bits per heavy atom. The van der Waals surface area contributed by atoms with Gasteiger partial charge in [0.05, 0.1) is 25.9 Å². The summed E-state index contributed by atoms with van der Waals surface area (Å²) >= 11 is 0. The third-order valence-electron chi connectivity index (χ3n) is 4.67. The Balaban J connectivity index is 1.73. The number of aliphatic hydroxyl groups is 1. The van der Waals surface area contributed by atoms with Gasteiger partial charge in [0.2, 0.25) is 0 Å². The molecule has 0 bridgehead atoms. The number of hydrogen-bond acceptors (Lipinski definition) is 4. The average Bonchev–Trinajstić information content (AvgIpc) is 2.95. The second-order valence-corrected chi connectivity index (χ2v) is 6.11. The molecule has 1 aromatic carbocycles. The van der Waals surface area contributed by atoms with Crippen molar-refractivity contribution in [2.45, 2.75) is 56.8 Å². The van der Waals surface area contributed by atoms with Gasteiger partial charge in [0.25, 0.3) is 0 Å². The number of aliphatic hydroxyl groups excluding tert-OH is 1. The van der Waals surface area contributed by atoms with Crippen molar-refractivity contribution in [2.24, 2.45) is 0 Å². The van der Waals surface area contributed by atoms with Crippen LogP contribution in [-0.2, 0) is 11.3 Å². The van der Waals surface area contributed by atoms with Gasteiger partial charge < -0.3 is 19.3 Å². The molecule has 1 aliphatic carbocycles. The highest BCUT2D eigenvalue weighted by Gasteiger charge is 2.40. The van der Waals surface area contributed by atoms with Crippen LogP contribution in [0.2, 0.25) is 0 Å². The lowest BCUT2D eigenvalue weighted by Crippen LogP contribution is -2.41. The van der Waals surface area contributed by atoms with Gasteiger partial charge in [-0.2, -0.15) is 0 Å². The summed E-state index contributed by atoms with van der Waals surface area (Å²) in [6.07, 6.45) is 6.86. The molecule has 0 aromatic heterocycles. The summed E-state index contributed by atoms with van der Waals surface area (Å²) in [5.74, 6) is 1.45. The molecule has 3 rings (SSSR count). The molecule has 0 radical (unpaired) electrons. The first-order valence-corrected chi connectivity index (χ1v) is 7.83. The zero-order valence-electron chi connectivity index (χ0n) is 12.6. The molecule has 1 unspecified atom stereocenters. The van der Waals surface area contributed by atoms with Crippen molar-refractivity contribution in [3.05, 3.63) is 23.8 Å². The van der Waals surface area contributed by atoms with E-state index in [9.17, 15) is 5.11 Å². The Morgan fingerprint density at radius 1 is 1.29 bits per heavy atom. The van der Waals surface area contributed by atoms with E-state index in [1.807, 2.05) is 18.2 Å². The summed E-state index contributed by atoms with van der Waals surface area (Å²) in [6, 6.07) is 5.58.